The molecule has 1 heterocycles. The first-order chi connectivity index (χ1) is 13.2. The highest BCUT2D eigenvalue weighted by atomic mass is 32.2. The van der Waals surface area contributed by atoms with Crippen molar-refractivity contribution in [3.63, 3.8) is 0 Å². The van der Waals surface area contributed by atoms with E-state index in [0.29, 0.717) is 10.7 Å². The largest absolute Gasteiger partial charge is 0.479 e. The summed E-state index contributed by atoms with van der Waals surface area (Å²) in [6.07, 6.45) is 1.16. The van der Waals surface area contributed by atoms with Crippen molar-refractivity contribution in [1.82, 2.24) is 9.78 Å². The Hall–Kier alpha value is -3.28. The van der Waals surface area contributed by atoms with E-state index in [4.69, 9.17) is 9.84 Å². The number of sulfonamides is 1. The van der Waals surface area contributed by atoms with Gasteiger partial charge in [-0.05, 0) is 36.4 Å². The quantitative estimate of drug-likeness (QED) is 0.614. The number of anilines is 1. The summed E-state index contributed by atoms with van der Waals surface area (Å²) in [4.78, 5) is 10.0. The first-order valence-electron chi connectivity index (χ1n) is 7.60. The highest BCUT2D eigenvalue weighted by Gasteiger charge is 2.18. The van der Waals surface area contributed by atoms with Crippen LogP contribution in [0.1, 0.15) is 6.55 Å². The second-order valence-electron chi connectivity index (χ2n) is 5.52. The molecule has 2 aromatic carbocycles. The topological polar surface area (TPSA) is 111 Å². The van der Waals surface area contributed by atoms with Gasteiger partial charge in [-0.1, -0.05) is 0 Å². The number of carbonyl (C=O) groups is 1. The van der Waals surface area contributed by atoms with Gasteiger partial charge in [0.15, 0.2) is 18.2 Å². The molecule has 0 unspecified atom stereocenters. The Morgan fingerprint density at radius 3 is 2.64 bits per heavy atom. The standard InChI is InChI=1S/C16H12F3N3O5S/c17-12-6-11(2-4-14(12)27-8-15(23)24)28(25,26)21-10-1-3-13-9(5-10)7-20-22(13)16(18)19/h1-7,16,21H,8H2,(H,23,24). The van der Waals surface area contributed by atoms with Gasteiger partial charge in [0.2, 0.25) is 0 Å². The van der Waals surface area contributed by atoms with E-state index in [2.05, 4.69) is 9.82 Å². The van der Waals surface area contributed by atoms with Gasteiger partial charge in [-0.15, -0.1) is 0 Å². The number of ether oxygens (including phenoxy) is 1. The summed E-state index contributed by atoms with van der Waals surface area (Å²) in [5, 5.41) is 12.3. The maximum absolute atomic E-state index is 14.0. The van der Waals surface area contributed by atoms with Gasteiger partial charge in [-0.2, -0.15) is 13.9 Å². The van der Waals surface area contributed by atoms with Crippen molar-refractivity contribution in [2.24, 2.45) is 0 Å². The Labute approximate surface area is 156 Å². The van der Waals surface area contributed by atoms with Gasteiger partial charge in [0.1, 0.15) is 0 Å². The molecule has 3 aromatic rings. The van der Waals surface area contributed by atoms with Crippen molar-refractivity contribution in [3.05, 3.63) is 48.4 Å². The smallest absolute Gasteiger partial charge is 0.341 e. The lowest BCUT2D eigenvalue weighted by Crippen LogP contribution is -2.14. The third kappa shape index (κ3) is 4.01. The molecule has 0 aliphatic carbocycles. The zero-order valence-electron chi connectivity index (χ0n) is 13.8. The number of aromatic nitrogens is 2. The lowest BCUT2D eigenvalue weighted by Gasteiger charge is -2.10. The molecule has 0 aliphatic rings. The van der Waals surface area contributed by atoms with Crippen LogP contribution in [0.4, 0.5) is 18.9 Å². The van der Waals surface area contributed by atoms with Crippen LogP contribution in [-0.4, -0.2) is 35.9 Å². The number of benzene rings is 2. The lowest BCUT2D eigenvalue weighted by molar-refractivity contribution is -0.139. The molecule has 0 aliphatic heterocycles. The number of halogens is 3. The monoisotopic (exact) mass is 415 g/mol. The van der Waals surface area contributed by atoms with Crippen LogP contribution in [0.2, 0.25) is 0 Å². The summed E-state index contributed by atoms with van der Waals surface area (Å²) in [6.45, 7) is -3.63. The van der Waals surface area contributed by atoms with E-state index in [1.165, 1.54) is 18.2 Å². The number of aliphatic carboxylic acids is 1. The first-order valence-corrected chi connectivity index (χ1v) is 9.08. The van der Waals surface area contributed by atoms with Gasteiger partial charge in [0.25, 0.3) is 10.0 Å². The highest BCUT2D eigenvalue weighted by Crippen LogP contribution is 2.26. The molecule has 0 spiro atoms. The maximum Gasteiger partial charge on any atom is 0.341 e. The number of nitrogens with zero attached hydrogens (tertiary/aromatic N) is 2. The van der Waals surface area contributed by atoms with Crippen molar-refractivity contribution in [2.75, 3.05) is 11.3 Å². The van der Waals surface area contributed by atoms with E-state index >= 15 is 0 Å². The van der Waals surface area contributed by atoms with E-state index < -0.39 is 45.6 Å². The van der Waals surface area contributed by atoms with Crippen LogP contribution in [0.3, 0.4) is 0 Å². The molecule has 0 saturated carbocycles. The van der Waals surface area contributed by atoms with Gasteiger partial charge in [0.05, 0.1) is 16.6 Å². The first kappa shape index (κ1) is 19.5. The summed E-state index contributed by atoms with van der Waals surface area (Å²) in [5.74, 6) is -2.79. The van der Waals surface area contributed by atoms with Crippen LogP contribution in [0.5, 0.6) is 5.75 Å². The molecule has 3 rings (SSSR count). The predicted octanol–water partition coefficient (Wildman–Crippen LogP) is 2.83. The summed E-state index contributed by atoms with van der Waals surface area (Å²) < 4.78 is 71.8. The van der Waals surface area contributed by atoms with Crippen molar-refractivity contribution in [3.8, 4) is 5.75 Å². The average Bonchev–Trinajstić information content (AvgIpc) is 3.03. The molecular formula is C16H12F3N3O5S. The predicted molar refractivity (Wildman–Crippen MR) is 91.3 cm³/mol. The number of carboxylic acid groups (broad SMARTS) is 1. The van der Waals surface area contributed by atoms with Crippen molar-refractivity contribution >= 4 is 32.6 Å². The number of alkyl halides is 2. The molecule has 1 aromatic heterocycles. The van der Waals surface area contributed by atoms with Crippen LogP contribution in [0.25, 0.3) is 10.9 Å². The second-order valence-corrected chi connectivity index (χ2v) is 7.20. The van der Waals surface area contributed by atoms with Gasteiger partial charge >= 0.3 is 12.5 Å². The molecule has 0 radical (unpaired) electrons. The number of rotatable bonds is 7. The Morgan fingerprint density at radius 2 is 2.00 bits per heavy atom. The number of hydrogen-bond donors (Lipinski definition) is 2. The van der Waals surface area contributed by atoms with E-state index in [-0.39, 0.29) is 16.6 Å². The van der Waals surface area contributed by atoms with Crippen molar-refractivity contribution in [2.45, 2.75) is 11.4 Å². The van der Waals surface area contributed by atoms with Crippen LogP contribution >= 0.6 is 0 Å². The molecule has 0 bridgehead atoms. The summed E-state index contributed by atoms with van der Waals surface area (Å²) in [7, 11) is -4.20. The SMILES string of the molecule is O=C(O)COc1ccc(S(=O)(=O)Nc2ccc3c(cnn3C(F)F)c2)cc1F. The molecule has 148 valence electrons. The summed E-state index contributed by atoms with van der Waals surface area (Å²) in [5.41, 5.74) is 0.178. The zero-order valence-corrected chi connectivity index (χ0v) is 14.7. The number of hydrogen-bond acceptors (Lipinski definition) is 5. The van der Waals surface area contributed by atoms with E-state index in [9.17, 15) is 26.4 Å². The van der Waals surface area contributed by atoms with Crippen LogP contribution < -0.4 is 9.46 Å². The Morgan fingerprint density at radius 1 is 1.25 bits per heavy atom. The second kappa shape index (κ2) is 7.38. The average molecular weight is 415 g/mol. The minimum atomic E-state index is -4.20. The fraction of sp³-hybridized carbons (Fsp3) is 0.125. The third-order valence-electron chi connectivity index (χ3n) is 3.60. The van der Waals surface area contributed by atoms with Gasteiger partial charge in [-0.25, -0.2) is 22.3 Å². The Bertz CT molecular complexity index is 1150. The molecule has 8 nitrogen and oxygen atoms in total. The van der Waals surface area contributed by atoms with Gasteiger partial charge in [0, 0.05) is 11.1 Å². The molecule has 0 amide bonds. The fourth-order valence-corrected chi connectivity index (χ4v) is 3.45. The summed E-state index contributed by atoms with van der Waals surface area (Å²) in [6, 6.07) is 6.54. The minimum absolute atomic E-state index is 0.0629. The molecule has 0 fully saturated rings. The van der Waals surface area contributed by atoms with Crippen molar-refractivity contribution in [1.29, 1.82) is 0 Å². The fourth-order valence-electron chi connectivity index (χ4n) is 2.39. The molecule has 2 N–H and O–H groups in total. The maximum atomic E-state index is 14.0. The third-order valence-corrected chi connectivity index (χ3v) is 4.98. The number of carboxylic acids is 1. The minimum Gasteiger partial charge on any atom is -0.479 e. The normalized spacial score (nSPS) is 11.7. The van der Waals surface area contributed by atoms with E-state index in [0.717, 1.165) is 18.3 Å². The van der Waals surface area contributed by atoms with E-state index in [1.807, 2.05) is 0 Å². The molecule has 0 saturated heterocycles. The molecule has 28 heavy (non-hydrogen) atoms. The van der Waals surface area contributed by atoms with Crippen LogP contribution in [-0.2, 0) is 14.8 Å². The Kier molecular flexibility index (Phi) is 5.14. The molecular weight excluding hydrogens is 403 g/mol. The molecule has 0 atom stereocenters. The van der Waals surface area contributed by atoms with Gasteiger partial charge in [-0.3, -0.25) is 4.72 Å². The van der Waals surface area contributed by atoms with Gasteiger partial charge < -0.3 is 9.84 Å². The number of nitrogens with one attached hydrogen (secondary N) is 1. The number of fused-ring (bicyclic) bond motifs is 1. The Balaban J connectivity index is 1.84. The molecule has 12 heteroatoms. The van der Waals surface area contributed by atoms with Crippen LogP contribution in [0, 0.1) is 5.82 Å². The van der Waals surface area contributed by atoms with Crippen molar-refractivity contribution < 1.29 is 36.2 Å². The van der Waals surface area contributed by atoms with E-state index in [1.54, 1.807) is 0 Å². The highest BCUT2D eigenvalue weighted by molar-refractivity contribution is 7.92. The summed E-state index contributed by atoms with van der Waals surface area (Å²) >= 11 is 0. The lowest BCUT2D eigenvalue weighted by atomic mass is 10.2. The zero-order chi connectivity index (χ0) is 20.5. The van der Waals surface area contributed by atoms with Crippen LogP contribution in [0.15, 0.2) is 47.5 Å².